The lowest BCUT2D eigenvalue weighted by Crippen LogP contribution is -2.22. The smallest absolute Gasteiger partial charge is 0.321 e. The minimum Gasteiger partial charge on any atom is -0.321 e. The fourth-order valence-corrected chi connectivity index (χ4v) is 2.18. The van der Waals surface area contributed by atoms with Gasteiger partial charge in [0.1, 0.15) is 5.82 Å². The van der Waals surface area contributed by atoms with Crippen LogP contribution in [0, 0.1) is 5.82 Å². The van der Waals surface area contributed by atoms with E-state index in [0.29, 0.717) is 6.07 Å². The molecule has 0 amide bonds. The van der Waals surface area contributed by atoms with E-state index >= 15 is 0 Å². The van der Waals surface area contributed by atoms with Crippen molar-refractivity contribution in [2.24, 2.45) is 0 Å². The molecular weight excluding hydrogens is 352 g/mol. The third-order valence-electron chi connectivity index (χ3n) is 2.76. The van der Waals surface area contributed by atoms with Gasteiger partial charge in [0.25, 0.3) is 0 Å². The highest BCUT2D eigenvalue weighted by atomic mass is 79.9. The largest absolute Gasteiger partial charge is 0.419 e. The fourth-order valence-electron chi connectivity index (χ4n) is 1.73. The summed E-state index contributed by atoms with van der Waals surface area (Å²) in [5.41, 5.74) is 4.84. The van der Waals surface area contributed by atoms with Crippen molar-refractivity contribution in [1.82, 2.24) is 5.43 Å². The molecule has 0 bridgehead atoms. The van der Waals surface area contributed by atoms with Gasteiger partial charge in [0.05, 0.1) is 5.56 Å². The summed E-state index contributed by atoms with van der Waals surface area (Å²) in [5.74, 6) is -1.28. The number of halogens is 5. The molecule has 0 saturated heterocycles. The van der Waals surface area contributed by atoms with Gasteiger partial charge in [0.15, 0.2) is 0 Å². The van der Waals surface area contributed by atoms with E-state index in [2.05, 4.69) is 26.8 Å². The van der Waals surface area contributed by atoms with Gasteiger partial charge in [0, 0.05) is 22.3 Å². The van der Waals surface area contributed by atoms with Crippen LogP contribution in [0.3, 0.4) is 0 Å². The number of alkyl halides is 3. The molecule has 21 heavy (non-hydrogen) atoms. The molecule has 2 N–H and O–H groups in total. The van der Waals surface area contributed by atoms with Crippen molar-refractivity contribution >= 4 is 21.6 Å². The van der Waals surface area contributed by atoms with Crippen LogP contribution in [0.5, 0.6) is 0 Å². The monoisotopic (exact) mass is 362 g/mol. The molecule has 0 aromatic heterocycles. The summed E-state index contributed by atoms with van der Waals surface area (Å²) < 4.78 is 52.2. The predicted octanol–water partition coefficient (Wildman–Crippen LogP) is 4.72. The van der Waals surface area contributed by atoms with Crippen LogP contribution in [0.15, 0.2) is 46.9 Å². The van der Waals surface area contributed by atoms with Crippen molar-refractivity contribution < 1.29 is 17.6 Å². The highest BCUT2D eigenvalue weighted by Crippen LogP contribution is 2.34. The SMILES string of the molecule is Fc1c(C(F)(F)F)ccc(Br)c1CNNc1ccccc1. The Kier molecular flexibility index (Phi) is 4.84. The Bertz CT molecular complexity index is 614. The number of nitrogens with one attached hydrogen (secondary N) is 2. The number of hydrogen-bond donors (Lipinski definition) is 2. The maximum atomic E-state index is 13.9. The average Bonchev–Trinajstić information content (AvgIpc) is 2.42. The molecule has 112 valence electrons. The predicted molar refractivity (Wildman–Crippen MR) is 76.0 cm³/mol. The molecule has 7 heteroatoms. The van der Waals surface area contributed by atoms with Crippen LogP contribution >= 0.6 is 15.9 Å². The van der Waals surface area contributed by atoms with E-state index in [1.54, 1.807) is 24.3 Å². The second-order valence-electron chi connectivity index (χ2n) is 4.23. The first-order chi connectivity index (χ1) is 9.89. The van der Waals surface area contributed by atoms with E-state index < -0.39 is 17.6 Å². The quantitative estimate of drug-likeness (QED) is 0.607. The molecule has 0 atom stereocenters. The topological polar surface area (TPSA) is 24.1 Å². The van der Waals surface area contributed by atoms with Crippen LogP contribution < -0.4 is 10.9 Å². The molecule has 0 spiro atoms. The van der Waals surface area contributed by atoms with Gasteiger partial charge in [-0.2, -0.15) is 13.2 Å². The zero-order valence-electron chi connectivity index (χ0n) is 10.6. The molecule has 0 fully saturated rings. The molecule has 0 heterocycles. The molecule has 0 radical (unpaired) electrons. The lowest BCUT2D eigenvalue weighted by atomic mass is 10.1. The van der Waals surface area contributed by atoms with Gasteiger partial charge < -0.3 is 5.43 Å². The van der Waals surface area contributed by atoms with E-state index in [1.165, 1.54) is 6.07 Å². The number of rotatable bonds is 4. The summed E-state index contributed by atoms with van der Waals surface area (Å²) in [4.78, 5) is 0. The summed E-state index contributed by atoms with van der Waals surface area (Å²) >= 11 is 3.06. The Balaban J connectivity index is 2.13. The third-order valence-corrected chi connectivity index (χ3v) is 3.51. The lowest BCUT2D eigenvalue weighted by molar-refractivity contribution is -0.140. The minimum absolute atomic E-state index is 0.0896. The average molecular weight is 363 g/mol. The first-order valence-electron chi connectivity index (χ1n) is 5.97. The van der Waals surface area contributed by atoms with E-state index in [9.17, 15) is 17.6 Å². The summed E-state index contributed by atoms with van der Waals surface area (Å²) in [6.45, 7) is -0.106. The van der Waals surface area contributed by atoms with Crippen LogP contribution in [0.25, 0.3) is 0 Å². The Morgan fingerprint density at radius 3 is 2.29 bits per heavy atom. The van der Waals surface area contributed by atoms with Crippen molar-refractivity contribution in [2.75, 3.05) is 5.43 Å². The number of benzene rings is 2. The summed E-state index contributed by atoms with van der Waals surface area (Å²) in [6.07, 6.45) is -4.72. The highest BCUT2D eigenvalue weighted by Gasteiger charge is 2.35. The number of para-hydroxylation sites is 1. The number of anilines is 1. The maximum absolute atomic E-state index is 13.9. The van der Waals surface area contributed by atoms with E-state index in [0.717, 1.165) is 5.69 Å². The number of hydrogen-bond acceptors (Lipinski definition) is 2. The van der Waals surface area contributed by atoms with Crippen molar-refractivity contribution in [3.63, 3.8) is 0 Å². The van der Waals surface area contributed by atoms with Gasteiger partial charge in [-0.3, -0.25) is 0 Å². The van der Waals surface area contributed by atoms with Crippen LogP contribution in [0.2, 0.25) is 0 Å². The third kappa shape index (κ3) is 3.95. The first-order valence-corrected chi connectivity index (χ1v) is 6.77. The van der Waals surface area contributed by atoms with Crippen LogP contribution in [0.1, 0.15) is 11.1 Å². The molecule has 0 saturated carbocycles. The van der Waals surface area contributed by atoms with Crippen LogP contribution in [-0.2, 0) is 12.7 Å². The Hall–Kier alpha value is -1.60. The highest BCUT2D eigenvalue weighted by molar-refractivity contribution is 9.10. The second-order valence-corrected chi connectivity index (χ2v) is 5.08. The van der Waals surface area contributed by atoms with Crippen LogP contribution in [-0.4, -0.2) is 0 Å². The number of hydrazine groups is 1. The normalized spacial score (nSPS) is 11.5. The lowest BCUT2D eigenvalue weighted by Gasteiger charge is -2.14. The summed E-state index contributed by atoms with van der Waals surface area (Å²) in [6, 6.07) is 10.9. The molecule has 0 aliphatic carbocycles. The van der Waals surface area contributed by atoms with Gasteiger partial charge in [0.2, 0.25) is 0 Å². The molecule has 2 aromatic rings. The van der Waals surface area contributed by atoms with Gasteiger partial charge in [-0.25, -0.2) is 9.82 Å². The van der Waals surface area contributed by atoms with Gasteiger partial charge in [-0.1, -0.05) is 34.1 Å². The van der Waals surface area contributed by atoms with E-state index in [4.69, 9.17) is 0 Å². The standard InChI is InChI=1S/C14H11BrF4N2/c15-12-7-6-11(14(17,18)19)13(16)10(12)8-20-21-9-4-2-1-3-5-9/h1-7,20-21H,8H2. The molecule has 2 rings (SSSR count). The van der Waals surface area contributed by atoms with Gasteiger partial charge in [-0.05, 0) is 24.3 Å². The maximum Gasteiger partial charge on any atom is 0.419 e. The van der Waals surface area contributed by atoms with Gasteiger partial charge >= 0.3 is 6.18 Å². The fraction of sp³-hybridized carbons (Fsp3) is 0.143. The Morgan fingerprint density at radius 1 is 1.00 bits per heavy atom. The van der Waals surface area contributed by atoms with Crippen molar-refractivity contribution in [3.8, 4) is 0 Å². The second kappa shape index (κ2) is 6.44. The zero-order valence-corrected chi connectivity index (χ0v) is 12.2. The zero-order chi connectivity index (χ0) is 15.5. The first kappa shape index (κ1) is 15.8. The Labute approximate surface area is 127 Å². The molecule has 0 aliphatic heterocycles. The molecule has 2 nitrogen and oxygen atoms in total. The van der Waals surface area contributed by atoms with Crippen LogP contribution in [0.4, 0.5) is 23.2 Å². The van der Waals surface area contributed by atoms with Gasteiger partial charge in [-0.15, -0.1) is 0 Å². The van der Waals surface area contributed by atoms with E-state index in [1.807, 2.05) is 6.07 Å². The minimum atomic E-state index is -4.72. The molecule has 0 unspecified atom stereocenters. The summed E-state index contributed by atoms with van der Waals surface area (Å²) in [5, 5.41) is 0. The van der Waals surface area contributed by atoms with Crippen molar-refractivity contribution in [1.29, 1.82) is 0 Å². The summed E-state index contributed by atoms with van der Waals surface area (Å²) in [7, 11) is 0. The van der Waals surface area contributed by atoms with Crippen molar-refractivity contribution in [3.05, 3.63) is 63.9 Å². The van der Waals surface area contributed by atoms with Crippen molar-refractivity contribution in [2.45, 2.75) is 12.7 Å². The van der Waals surface area contributed by atoms with E-state index in [-0.39, 0.29) is 16.6 Å². The molecular formula is C14H11BrF4N2. The molecule has 0 aliphatic rings. The molecule has 2 aromatic carbocycles. The Morgan fingerprint density at radius 2 is 1.67 bits per heavy atom.